The zero-order valence-corrected chi connectivity index (χ0v) is 15.7. The third-order valence-corrected chi connectivity index (χ3v) is 7.14. The van der Waals surface area contributed by atoms with Crippen LogP contribution >= 0.6 is 11.3 Å². The Bertz CT molecular complexity index is 890. The Morgan fingerprint density at radius 2 is 2.16 bits per heavy atom. The Kier molecular flexibility index (Phi) is 5.12. The first-order chi connectivity index (χ1) is 11.9. The molecule has 2 aromatic rings. The number of hydrogen-bond donors (Lipinski definition) is 1. The smallest absolute Gasteiger partial charge is 0.271 e. The minimum absolute atomic E-state index is 0.00865. The van der Waals surface area contributed by atoms with Crippen LogP contribution in [0.25, 0.3) is 0 Å². The Labute approximate surface area is 151 Å². The van der Waals surface area contributed by atoms with E-state index in [1.165, 1.54) is 18.3 Å². The van der Waals surface area contributed by atoms with Gasteiger partial charge in [-0.25, -0.2) is 8.42 Å². The van der Waals surface area contributed by atoms with Crippen LogP contribution in [0.2, 0.25) is 0 Å². The van der Waals surface area contributed by atoms with Crippen molar-refractivity contribution in [2.45, 2.75) is 30.7 Å². The number of thiophene rings is 1. The monoisotopic (exact) mass is 380 g/mol. The van der Waals surface area contributed by atoms with Crippen molar-refractivity contribution >= 4 is 33.0 Å². The van der Waals surface area contributed by atoms with Crippen molar-refractivity contribution in [2.75, 3.05) is 18.4 Å². The zero-order chi connectivity index (χ0) is 18.0. The van der Waals surface area contributed by atoms with Crippen LogP contribution in [-0.2, 0) is 39.1 Å². The number of nitrogens with zero attached hydrogens (tertiary/aromatic N) is 1. The molecule has 1 aromatic heterocycles. The van der Waals surface area contributed by atoms with E-state index in [1.807, 2.05) is 6.07 Å². The second kappa shape index (κ2) is 7.15. The summed E-state index contributed by atoms with van der Waals surface area (Å²) >= 11 is 1.28. The summed E-state index contributed by atoms with van der Waals surface area (Å²) < 4.78 is 33.4. The fourth-order valence-corrected chi connectivity index (χ4v) is 5.40. The first-order valence-corrected chi connectivity index (χ1v) is 10.2. The maximum atomic E-state index is 12.7. The lowest BCUT2D eigenvalue weighted by Gasteiger charge is -2.25. The van der Waals surface area contributed by atoms with Gasteiger partial charge in [0.1, 0.15) is 4.21 Å². The summed E-state index contributed by atoms with van der Waals surface area (Å²) in [7, 11) is -2.06. The number of sulfonamides is 1. The van der Waals surface area contributed by atoms with E-state index in [-0.39, 0.29) is 10.1 Å². The van der Waals surface area contributed by atoms with Gasteiger partial charge < -0.3 is 9.64 Å². The van der Waals surface area contributed by atoms with Crippen molar-refractivity contribution in [1.29, 1.82) is 0 Å². The predicted octanol–water partition coefficient (Wildman–Crippen LogP) is 2.60. The van der Waals surface area contributed by atoms with Gasteiger partial charge in [0.15, 0.2) is 0 Å². The zero-order valence-electron chi connectivity index (χ0n) is 14.1. The summed E-state index contributed by atoms with van der Waals surface area (Å²) in [5.41, 5.74) is 2.32. The van der Waals surface area contributed by atoms with Crippen molar-refractivity contribution in [2.24, 2.45) is 0 Å². The largest absolute Gasteiger partial charge is 0.380 e. The third-order valence-electron chi connectivity index (χ3n) is 4.04. The molecule has 2 heterocycles. The van der Waals surface area contributed by atoms with Crippen LogP contribution in [0, 0.1) is 0 Å². The molecule has 1 aliphatic heterocycles. The lowest BCUT2D eigenvalue weighted by atomic mass is 10.1. The lowest BCUT2D eigenvalue weighted by Crippen LogP contribution is -2.33. The molecular weight excluding hydrogens is 360 g/mol. The quantitative estimate of drug-likeness (QED) is 0.865. The van der Waals surface area contributed by atoms with Gasteiger partial charge in [0.25, 0.3) is 10.0 Å². The van der Waals surface area contributed by atoms with Crippen LogP contribution in [0.4, 0.5) is 5.69 Å². The number of rotatable bonds is 5. The second-order valence-electron chi connectivity index (χ2n) is 5.94. The SMILES string of the molecule is COCc1cccc(NS(=O)(=O)c2cc3c(s2)CCN(C(C)=O)C3)c1. The first-order valence-electron chi connectivity index (χ1n) is 7.87. The van der Waals surface area contributed by atoms with E-state index in [2.05, 4.69) is 4.72 Å². The minimum Gasteiger partial charge on any atom is -0.380 e. The maximum Gasteiger partial charge on any atom is 0.271 e. The van der Waals surface area contributed by atoms with Crippen molar-refractivity contribution in [1.82, 2.24) is 4.90 Å². The van der Waals surface area contributed by atoms with Crippen LogP contribution in [0.15, 0.2) is 34.5 Å². The molecule has 134 valence electrons. The average Bonchev–Trinajstić information content (AvgIpc) is 2.99. The number of ether oxygens (including phenoxy) is 1. The summed E-state index contributed by atoms with van der Waals surface area (Å²) in [5, 5.41) is 0. The second-order valence-corrected chi connectivity index (χ2v) is 8.99. The van der Waals surface area contributed by atoms with E-state index in [1.54, 1.807) is 36.3 Å². The number of amides is 1. The summed E-state index contributed by atoms with van der Waals surface area (Å²) in [4.78, 5) is 14.3. The summed E-state index contributed by atoms with van der Waals surface area (Å²) in [5.74, 6) is 0.00865. The number of anilines is 1. The fourth-order valence-electron chi connectivity index (χ4n) is 2.80. The van der Waals surface area contributed by atoms with Gasteiger partial charge in [0.2, 0.25) is 5.91 Å². The molecule has 1 amide bonds. The van der Waals surface area contributed by atoms with E-state index in [9.17, 15) is 13.2 Å². The molecule has 0 fully saturated rings. The Balaban J connectivity index is 1.82. The molecule has 0 spiro atoms. The molecule has 0 radical (unpaired) electrons. The molecule has 1 aromatic carbocycles. The molecule has 0 atom stereocenters. The molecule has 0 aliphatic carbocycles. The van der Waals surface area contributed by atoms with Gasteiger partial charge >= 0.3 is 0 Å². The van der Waals surface area contributed by atoms with Crippen LogP contribution in [-0.4, -0.2) is 32.9 Å². The highest BCUT2D eigenvalue weighted by molar-refractivity contribution is 7.94. The molecule has 1 aliphatic rings. The van der Waals surface area contributed by atoms with E-state index in [0.29, 0.717) is 31.8 Å². The van der Waals surface area contributed by atoms with Gasteiger partial charge in [0, 0.05) is 37.7 Å². The lowest BCUT2D eigenvalue weighted by molar-refractivity contribution is -0.129. The van der Waals surface area contributed by atoms with Crippen molar-refractivity contribution in [3.8, 4) is 0 Å². The van der Waals surface area contributed by atoms with Crippen LogP contribution in [0.1, 0.15) is 22.9 Å². The molecule has 8 heteroatoms. The molecule has 0 saturated carbocycles. The van der Waals surface area contributed by atoms with Gasteiger partial charge in [0.05, 0.1) is 6.61 Å². The Morgan fingerprint density at radius 3 is 2.88 bits per heavy atom. The molecular formula is C17H20N2O4S2. The molecule has 6 nitrogen and oxygen atoms in total. The number of benzene rings is 1. The maximum absolute atomic E-state index is 12.7. The first kappa shape index (κ1) is 17.9. The topological polar surface area (TPSA) is 75.7 Å². The van der Waals surface area contributed by atoms with Gasteiger partial charge in [-0.1, -0.05) is 12.1 Å². The van der Waals surface area contributed by atoms with Crippen LogP contribution in [0.5, 0.6) is 0 Å². The summed E-state index contributed by atoms with van der Waals surface area (Å²) in [6.45, 7) is 3.06. The van der Waals surface area contributed by atoms with E-state index >= 15 is 0 Å². The predicted molar refractivity (Wildman–Crippen MR) is 97.1 cm³/mol. The number of nitrogens with one attached hydrogen (secondary N) is 1. The highest BCUT2D eigenvalue weighted by Gasteiger charge is 2.25. The highest BCUT2D eigenvalue weighted by atomic mass is 32.2. The van der Waals surface area contributed by atoms with Crippen molar-refractivity contribution in [3.63, 3.8) is 0 Å². The van der Waals surface area contributed by atoms with E-state index in [0.717, 1.165) is 16.0 Å². The Morgan fingerprint density at radius 1 is 1.36 bits per heavy atom. The normalized spacial score (nSPS) is 14.2. The fraction of sp³-hybridized carbons (Fsp3) is 0.353. The number of carbonyl (C=O) groups is 1. The number of hydrogen-bond acceptors (Lipinski definition) is 5. The average molecular weight is 380 g/mol. The van der Waals surface area contributed by atoms with Crippen molar-refractivity contribution < 1.29 is 17.9 Å². The molecule has 0 bridgehead atoms. The summed E-state index contributed by atoms with van der Waals surface area (Å²) in [6, 6.07) is 8.81. The van der Waals surface area contributed by atoms with Gasteiger partial charge in [-0.15, -0.1) is 11.3 Å². The van der Waals surface area contributed by atoms with Crippen LogP contribution < -0.4 is 4.72 Å². The van der Waals surface area contributed by atoms with E-state index < -0.39 is 10.0 Å². The summed E-state index contributed by atoms with van der Waals surface area (Å²) in [6.07, 6.45) is 0.693. The van der Waals surface area contributed by atoms with Gasteiger partial charge in [-0.3, -0.25) is 9.52 Å². The van der Waals surface area contributed by atoms with Crippen LogP contribution in [0.3, 0.4) is 0 Å². The number of fused-ring (bicyclic) bond motifs is 1. The standard InChI is InChI=1S/C17H20N2O4S2/c1-12(20)19-7-6-16-14(10-19)9-17(24-16)25(21,22)18-15-5-3-4-13(8-15)11-23-2/h3-5,8-9,18H,6-7,10-11H2,1-2H3. The Hall–Kier alpha value is -1.90. The molecule has 0 saturated heterocycles. The third kappa shape index (κ3) is 4.02. The van der Waals surface area contributed by atoms with Gasteiger partial charge in [-0.05, 0) is 35.7 Å². The molecule has 0 unspecified atom stereocenters. The highest BCUT2D eigenvalue weighted by Crippen LogP contribution is 2.32. The number of carbonyl (C=O) groups excluding carboxylic acids is 1. The molecule has 1 N–H and O–H groups in total. The molecule has 25 heavy (non-hydrogen) atoms. The van der Waals surface area contributed by atoms with Crippen molar-refractivity contribution in [3.05, 3.63) is 46.3 Å². The van der Waals surface area contributed by atoms with E-state index in [4.69, 9.17) is 4.74 Å². The molecule has 3 rings (SSSR count). The number of methoxy groups -OCH3 is 1. The van der Waals surface area contributed by atoms with Gasteiger partial charge in [-0.2, -0.15) is 0 Å². The minimum atomic E-state index is -3.65.